The molecule has 2 N–H and O–H groups in total. The molecule has 0 aliphatic heterocycles. The summed E-state index contributed by atoms with van der Waals surface area (Å²) in [4.78, 5) is 0. The lowest BCUT2D eigenvalue weighted by Crippen LogP contribution is -2.10. The summed E-state index contributed by atoms with van der Waals surface area (Å²) in [5.74, 6) is 0. The summed E-state index contributed by atoms with van der Waals surface area (Å²) in [6.45, 7) is 6.12. The van der Waals surface area contributed by atoms with Crippen molar-refractivity contribution in [1.82, 2.24) is 0 Å². The van der Waals surface area contributed by atoms with E-state index in [0.717, 1.165) is 11.1 Å². The molecular formula is C11H14N2. The number of rotatable bonds is 1. The molecule has 0 saturated heterocycles. The maximum absolute atomic E-state index is 8.70. The number of aryl methyl sites for hydroxylation is 1. The van der Waals surface area contributed by atoms with Crippen LogP contribution in [0.2, 0.25) is 0 Å². The van der Waals surface area contributed by atoms with Crippen LogP contribution in [0.5, 0.6) is 0 Å². The summed E-state index contributed by atoms with van der Waals surface area (Å²) >= 11 is 0. The van der Waals surface area contributed by atoms with Crippen LogP contribution in [0.25, 0.3) is 0 Å². The predicted octanol–water partition coefficient (Wildman–Crippen LogP) is 2.14. The fourth-order valence-corrected chi connectivity index (χ4v) is 1.38. The summed E-state index contributed by atoms with van der Waals surface area (Å²) in [6, 6.07) is 5.49. The quantitative estimate of drug-likeness (QED) is 0.709. The van der Waals surface area contributed by atoms with Crippen LogP contribution >= 0.6 is 0 Å². The smallest absolute Gasteiger partial charge is 0.119 e. The average Bonchev–Trinajstić information content (AvgIpc) is 2.13. The third-order valence-corrected chi connectivity index (χ3v) is 2.57. The monoisotopic (exact) mass is 174 g/mol. The Bertz CT molecular complexity index is 361. The van der Waals surface area contributed by atoms with Gasteiger partial charge in [-0.3, -0.25) is 0 Å². The Morgan fingerprint density at radius 2 is 1.85 bits per heavy atom. The zero-order chi connectivity index (χ0) is 10.0. The van der Waals surface area contributed by atoms with E-state index >= 15 is 0 Å². The summed E-state index contributed by atoms with van der Waals surface area (Å²) in [6.07, 6.45) is 0. The molecule has 0 aromatic heterocycles. The highest BCUT2D eigenvalue weighted by atomic mass is 14.6. The molecule has 0 heterocycles. The molecule has 1 unspecified atom stereocenters. The number of hydrogen-bond donors (Lipinski definition) is 1. The fourth-order valence-electron chi connectivity index (χ4n) is 1.38. The molecule has 13 heavy (non-hydrogen) atoms. The maximum Gasteiger partial charge on any atom is 0.119 e. The number of hydrogen-bond acceptors (Lipinski definition) is 2. The van der Waals surface area contributed by atoms with Gasteiger partial charge in [0, 0.05) is 0 Å². The molecule has 68 valence electrons. The minimum absolute atomic E-state index is 0.501. The highest BCUT2D eigenvalue weighted by molar-refractivity contribution is 5.41. The van der Waals surface area contributed by atoms with Gasteiger partial charge in [0.1, 0.15) is 6.04 Å². The minimum Gasteiger partial charge on any atom is -0.312 e. The van der Waals surface area contributed by atoms with Crippen molar-refractivity contribution in [3.8, 4) is 6.07 Å². The first kappa shape index (κ1) is 9.76. The van der Waals surface area contributed by atoms with Gasteiger partial charge in [0.15, 0.2) is 0 Å². The number of nitriles is 1. The second kappa shape index (κ2) is 3.59. The van der Waals surface area contributed by atoms with Crippen molar-refractivity contribution in [2.75, 3.05) is 0 Å². The molecule has 0 aliphatic rings. The molecule has 1 aromatic carbocycles. The van der Waals surface area contributed by atoms with Gasteiger partial charge in [0.25, 0.3) is 0 Å². The Morgan fingerprint density at radius 3 is 2.38 bits per heavy atom. The van der Waals surface area contributed by atoms with Crippen LogP contribution in [0.4, 0.5) is 0 Å². The van der Waals surface area contributed by atoms with Gasteiger partial charge in [-0.25, -0.2) is 0 Å². The van der Waals surface area contributed by atoms with Crippen molar-refractivity contribution < 1.29 is 0 Å². The fraction of sp³-hybridized carbons (Fsp3) is 0.364. The molecule has 2 heteroatoms. The molecule has 2 nitrogen and oxygen atoms in total. The lowest BCUT2D eigenvalue weighted by atomic mass is 9.95. The lowest BCUT2D eigenvalue weighted by molar-refractivity contribution is 0.908. The first-order valence-corrected chi connectivity index (χ1v) is 4.29. The zero-order valence-corrected chi connectivity index (χ0v) is 8.26. The van der Waals surface area contributed by atoms with Crippen LogP contribution in [-0.4, -0.2) is 0 Å². The topological polar surface area (TPSA) is 49.8 Å². The first-order chi connectivity index (χ1) is 6.07. The summed E-state index contributed by atoms with van der Waals surface area (Å²) < 4.78 is 0. The summed E-state index contributed by atoms with van der Waals surface area (Å²) in [5, 5.41) is 8.70. The van der Waals surface area contributed by atoms with Gasteiger partial charge in [-0.1, -0.05) is 12.1 Å². The Hall–Kier alpha value is -1.33. The van der Waals surface area contributed by atoms with Gasteiger partial charge in [0.05, 0.1) is 6.07 Å². The van der Waals surface area contributed by atoms with E-state index in [9.17, 15) is 0 Å². The van der Waals surface area contributed by atoms with Crippen LogP contribution in [0.1, 0.15) is 28.3 Å². The second-order valence-corrected chi connectivity index (χ2v) is 3.33. The zero-order valence-electron chi connectivity index (χ0n) is 8.26. The van der Waals surface area contributed by atoms with E-state index in [-0.39, 0.29) is 0 Å². The van der Waals surface area contributed by atoms with Crippen LogP contribution in [-0.2, 0) is 0 Å². The van der Waals surface area contributed by atoms with E-state index in [1.54, 1.807) is 0 Å². The predicted molar refractivity (Wildman–Crippen MR) is 53.2 cm³/mol. The van der Waals surface area contributed by atoms with Crippen LogP contribution in [0, 0.1) is 32.1 Å². The van der Waals surface area contributed by atoms with Gasteiger partial charge < -0.3 is 5.73 Å². The first-order valence-electron chi connectivity index (χ1n) is 4.29. The number of nitrogens with zero attached hydrogens (tertiary/aromatic N) is 1. The van der Waals surface area contributed by atoms with Crippen molar-refractivity contribution in [1.29, 1.82) is 5.26 Å². The van der Waals surface area contributed by atoms with E-state index in [1.165, 1.54) is 11.1 Å². The van der Waals surface area contributed by atoms with Crippen LogP contribution in [0.15, 0.2) is 12.1 Å². The van der Waals surface area contributed by atoms with Crippen molar-refractivity contribution in [2.45, 2.75) is 26.8 Å². The maximum atomic E-state index is 8.70. The molecule has 0 bridgehead atoms. The largest absolute Gasteiger partial charge is 0.312 e. The Kier molecular flexibility index (Phi) is 2.69. The van der Waals surface area contributed by atoms with Crippen molar-refractivity contribution in [2.24, 2.45) is 5.73 Å². The molecular weight excluding hydrogens is 160 g/mol. The highest BCUT2D eigenvalue weighted by Gasteiger charge is 2.09. The van der Waals surface area contributed by atoms with Gasteiger partial charge in [-0.2, -0.15) is 5.26 Å². The summed E-state index contributed by atoms with van der Waals surface area (Å²) in [7, 11) is 0. The van der Waals surface area contributed by atoms with E-state index < -0.39 is 6.04 Å². The minimum atomic E-state index is -0.501. The molecule has 0 fully saturated rings. The standard InChI is InChI=1S/C11H14N2/c1-7-4-5-10(11(13)6-12)9(3)8(7)2/h4-5,11H,13H2,1-3H3. The van der Waals surface area contributed by atoms with Gasteiger partial charge >= 0.3 is 0 Å². The average molecular weight is 174 g/mol. The van der Waals surface area contributed by atoms with E-state index in [1.807, 2.05) is 25.1 Å². The molecule has 1 rings (SSSR count). The molecule has 0 saturated carbocycles. The molecule has 0 amide bonds. The Labute approximate surface area is 79.0 Å². The summed E-state index contributed by atoms with van der Waals surface area (Å²) in [5.41, 5.74) is 10.2. The third-order valence-electron chi connectivity index (χ3n) is 2.57. The van der Waals surface area contributed by atoms with E-state index in [2.05, 4.69) is 13.8 Å². The number of nitrogens with two attached hydrogens (primary N) is 1. The SMILES string of the molecule is Cc1ccc(C(N)C#N)c(C)c1C. The Morgan fingerprint density at radius 1 is 1.23 bits per heavy atom. The van der Waals surface area contributed by atoms with Gasteiger partial charge in [-0.15, -0.1) is 0 Å². The normalized spacial score (nSPS) is 12.2. The second-order valence-electron chi connectivity index (χ2n) is 3.33. The molecule has 0 aliphatic carbocycles. The Balaban J connectivity index is 3.28. The third kappa shape index (κ3) is 1.71. The highest BCUT2D eigenvalue weighted by Crippen LogP contribution is 2.21. The van der Waals surface area contributed by atoms with E-state index in [4.69, 9.17) is 11.0 Å². The molecule has 0 radical (unpaired) electrons. The van der Waals surface area contributed by atoms with E-state index in [0.29, 0.717) is 0 Å². The molecule has 1 atom stereocenters. The van der Waals surface area contributed by atoms with Gasteiger partial charge in [-0.05, 0) is 43.0 Å². The van der Waals surface area contributed by atoms with Crippen molar-refractivity contribution >= 4 is 0 Å². The van der Waals surface area contributed by atoms with Crippen molar-refractivity contribution in [3.63, 3.8) is 0 Å². The van der Waals surface area contributed by atoms with Crippen LogP contribution < -0.4 is 5.73 Å². The van der Waals surface area contributed by atoms with Crippen molar-refractivity contribution in [3.05, 3.63) is 34.4 Å². The molecule has 0 spiro atoms. The van der Waals surface area contributed by atoms with Gasteiger partial charge in [0.2, 0.25) is 0 Å². The van der Waals surface area contributed by atoms with Crippen LogP contribution in [0.3, 0.4) is 0 Å². The molecule has 1 aromatic rings. The lowest BCUT2D eigenvalue weighted by Gasteiger charge is -2.12. The number of benzene rings is 1.